The van der Waals surface area contributed by atoms with Crippen molar-refractivity contribution >= 4 is 11.6 Å². The first-order valence-corrected chi connectivity index (χ1v) is 5.15. The third-order valence-corrected chi connectivity index (χ3v) is 2.52. The summed E-state index contributed by atoms with van der Waals surface area (Å²) in [4.78, 5) is 0. The topological polar surface area (TPSA) is 40.5 Å². The van der Waals surface area contributed by atoms with Crippen molar-refractivity contribution in [3.8, 4) is 0 Å². The maximum Gasteiger partial charge on any atom is 0.106 e. The fourth-order valence-corrected chi connectivity index (χ4v) is 1.62. The van der Waals surface area contributed by atoms with Gasteiger partial charge in [-0.1, -0.05) is 43.1 Å². The lowest BCUT2D eigenvalue weighted by Crippen LogP contribution is -2.18. The van der Waals surface area contributed by atoms with E-state index in [0.717, 1.165) is 6.42 Å². The lowest BCUT2D eigenvalue weighted by Gasteiger charge is -2.18. The van der Waals surface area contributed by atoms with Crippen LogP contribution < -0.4 is 0 Å². The highest BCUT2D eigenvalue weighted by atomic mass is 35.5. The molecule has 0 aliphatic rings. The van der Waals surface area contributed by atoms with Gasteiger partial charge in [0.15, 0.2) is 0 Å². The summed E-state index contributed by atoms with van der Waals surface area (Å²) in [6.07, 6.45) is -0.210. The zero-order valence-electron chi connectivity index (χ0n) is 8.15. The minimum Gasteiger partial charge on any atom is -0.390 e. The van der Waals surface area contributed by atoms with E-state index in [2.05, 4.69) is 0 Å². The van der Waals surface area contributed by atoms with Crippen LogP contribution in [0.15, 0.2) is 24.3 Å². The Hall–Kier alpha value is -0.570. The Kier molecular flexibility index (Phi) is 4.39. The van der Waals surface area contributed by atoms with Gasteiger partial charge in [-0.15, -0.1) is 0 Å². The average Bonchev–Trinajstić information content (AvgIpc) is 2.18. The van der Waals surface area contributed by atoms with Crippen LogP contribution in [-0.2, 0) is 0 Å². The molecule has 0 saturated carbocycles. The van der Waals surface area contributed by atoms with Crippen LogP contribution in [0.3, 0.4) is 0 Å². The Bertz CT molecular complexity index is 288. The minimum absolute atomic E-state index is 0.496. The molecular formula is C11H15ClO2. The molecule has 0 unspecified atom stereocenters. The Balaban J connectivity index is 2.78. The summed E-state index contributed by atoms with van der Waals surface area (Å²) in [6, 6.07) is 7.03. The monoisotopic (exact) mass is 214 g/mol. The second-order valence-corrected chi connectivity index (χ2v) is 3.73. The highest BCUT2D eigenvalue weighted by Crippen LogP contribution is 2.26. The van der Waals surface area contributed by atoms with Gasteiger partial charge in [-0.05, 0) is 12.5 Å². The summed E-state index contributed by atoms with van der Waals surface area (Å²) in [5, 5.41) is 19.8. The lowest BCUT2D eigenvalue weighted by atomic mass is 10.0. The van der Waals surface area contributed by atoms with Gasteiger partial charge in [0, 0.05) is 10.6 Å². The molecular weight excluding hydrogens is 200 g/mol. The largest absolute Gasteiger partial charge is 0.390 e. The van der Waals surface area contributed by atoms with E-state index in [1.54, 1.807) is 24.3 Å². The van der Waals surface area contributed by atoms with Crippen molar-refractivity contribution < 1.29 is 10.2 Å². The van der Waals surface area contributed by atoms with Crippen LogP contribution in [-0.4, -0.2) is 16.3 Å². The normalized spacial score (nSPS) is 15.1. The minimum atomic E-state index is -0.886. The molecule has 0 fully saturated rings. The van der Waals surface area contributed by atoms with Crippen LogP contribution in [0, 0.1) is 0 Å². The molecule has 0 aromatic heterocycles. The van der Waals surface area contributed by atoms with Crippen molar-refractivity contribution in [2.24, 2.45) is 0 Å². The number of hydrogen-bond donors (Lipinski definition) is 2. The standard InChI is InChI=1S/C11H15ClO2/c1-2-5-10(13)11(14)8-6-3-4-7-9(8)12/h3-4,6-7,10-11,13-14H,2,5H2,1H3/t10-,11-/m0/s1. The van der Waals surface area contributed by atoms with Gasteiger partial charge < -0.3 is 10.2 Å². The van der Waals surface area contributed by atoms with Crippen LogP contribution in [0.2, 0.25) is 5.02 Å². The van der Waals surface area contributed by atoms with Crippen LogP contribution in [0.4, 0.5) is 0 Å². The summed E-state index contributed by atoms with van der Waals surface area (Å²) in [7, 11) is 0. The highest BCUT2D eigenvalue weighted by molar-refractivity contribution is 6.31. The molecule has 0 saturated heterocycles. The van der Waals surface area contributed by atoms with Crippen molar-refractivity contribution in [2.45, 2.75) is 32.0 Å². The maximum absolute atomic E-state index is 9.77. The predicted molar refractivity (Wildman–Crippen MR) is 57.3 cm³/mol. The third kappa shape index (κ3) is 2.71. The second kappa shape index (κ2) is 5.35. The number of hydrogen-bond acceptors (Lipinski definition) is 2. The molecule has 0 aliphatic heterocycles. The molecule has 0 spiro atoms. The van der Waals surface area contributed by atoms with E-state index in [-0.39, 0.29) is 0 Å². The molecule has 0 heterocycles. The Labute approximate surface area is 89.1 Å². The number of halogens is 1. The van der Waals surface area contributed by atoms with Gasteiger partial charge >= 0.3 is 0 Å². The number of benzene rings is 1. The van der Waals surface area contributed by atoms with Crippen molar-refractivity contribution in [3.05, 3.63) is 34.9 Å². The zero-order chi connectivity index (χ0) is 10.6. The molecule has 14 heavy (non-hydrogen) atoms. The Morgan fingerprint density at radius 3 is 2.50 bits per heavy atom. The molecule has 3 heteroatoms. The van der Waals surface area contributed by atoms with Gasteiger partial charge in [0.1, 0.15) is 6.10 Å². The second-order valence-electron chi connectivity index (χ2n) is 3.32. The predicted octanol–water partition coefficient (Wildman–Crippen LogP) is 2.53. The third-order valence-electron chi connectivity index (χ3n) is 2.17. The van der Waals surface area contributed by atoms with Crippen molar-refractivity contribution in [2.75, 3.05) is 0 Å². The quantitative estimate of drug-likeness (QED) is 0.809. The van der Waals surface area contributed by atoms with Gasteiger partial charge in [0.25, 0.3) is 0 Å². The SMILES string of the molecule is CCC[C@H](O)[C@@H](O)c1ccccc1Cl. The maximum atomic E-state index is 9.77. The lowest BCUT2D eigenvalue weighted by molar-refractivity contribution is 0.0131. The average molecular weight is 215 g/mol. The summed E-state index contributed by atoms with van der Waals surface area (Å²) < 4.78 is 0. The molecule has 0 aliphatic carbocycles. The summed E-state index contributed by atoms with van der Waals surface area (Å²) >= 11 is 5.89. The molecule has 0 radical (unpaired) electrons. The molecule has 1 rings (SSSR count). The fraction of sp³-hybridized carbons (Fsp3) is 0.455. The molecule has 1 aromatic carbocycles. The Morgan fingerprint density at radius 1 is 1.29 bits per heavy atom. The zero-order valence-corrected chi connectivity index (χ0v) is 8.91. The first-order valence-electron chi connectivity index (χ1n) is 4.77. The first-order chi connectivity index (χ1) is 6.66. The van der Waals surface area contributed by atoms with Gasteiger partial charge in [-0.25, -0.2) is 0 Å². The molecule has 78 valence electrons. The van der Waals surface area contributed by atoms with Crippen LogP contribution >= 0.6 is 11.6 Å². The molecule has 2 N–H and O–H groups in total. The van der Waals surface area contributed by atoms with E-state index in [4.69, 9.17) is 11.6 Å². The fourth-order valence-electron chi connectivity index (χ4n) is 1.38. The first kappa shape index (κ1) is 11.5. The van der Waals surface area contributed by atoms with Crippen LogP contribution in [0.5, 0.6) is 0 Å². The number of aliphatic hydroxyl groups is 2. The molecule has 0 amide bonds. The van der Waals surface area contributed by atoms with Crippen LogP contribution in [0.25, 0.3) is 0 Å². The molecule has 1 aromatic rings. The molecule has 2 atom stereocenters. The van der Waals surface area contributed by atoms with Gasteiger partial charge in [-0.2, -0.15) is 0 Å². The Morgan fingerprint density at radius 2 is 1.93 bits per heavy atom. The molecule has 2 nitrogen and oxygen atoms in total. The number of aliphatic hydroxyl groups excluding tert-OH is 2. The van der Waals surface area contributed by atoms with Gasteiger partial charge in [0.05, 0.1) is 6.10 Å². The smallest absolute Gasteiger partial charge is 0.106 e. The van der Waals surface area contributed by atoms with Gasteiger partial charge in [0.2, 0.25) is 0 Å². The van der Waals surface area contributed by atoms with E-state index in [9.17, 15) is 10.2 Å². The summed E-state index contributed by atoms with van der Waals surface area (Å²) in [6.45, 7) is 1.96. The van der Waals surface area contributed by atoms with E-state index >= 15 is 0 Å². The van der Waals surface area contributed by atoms with E-state index in [1.165, 1.54) is 0 Å². The van der Waals surface area contributed by atoms with E-state index in [1.807, 2.05) is 6.92 Å². The van der Waals surface area contributed by atoms with Crippen molar-refractivity contribution in [1.29, 1.82) is 0 Å². The van der Waals surface area contributed by atoms with Crippen LogP contribution in [0.1, 0.15) is 31.4 Å². The van der Waals surface area contributed by atoms with Crippen molar-refractivity contribution in [3.63, 3.8) is 0 Å². The summed E-state index contributed by atoms with van der Waals surface area (Å²) in [5.41, 5.74) is 0.593. The van der Waals surface area contributed by atoms with E-state index in [0.29, 0.717) is 17.0 Å². The van der Waals surface area contributed by atoms with Crippen molar-refractivity contribution in [1.82, 2.24) is 0 Å². The highest BCUT2D eigenvalue weighted by Gasteiger charge is 2.19. The van der Waals surface area contributed by atoms with E-state index < -0.39 is 12.2 Å². The summed E-state index contributed by atoms with van der Waals surface area (Å²) in [5.74, 6) is 0. The number of rotatable bonds is 4. The molecule has 0 bridgehead atoms. The van der Waals surface area contributed by atoms with Gasteiger partial charge in [-0.3, -0.25) is 0 Å².